The van der Waals surface area contributed by atoms with Crippen LogP contribution < -0.4 is 5.56 Å². The van der Waals surface area contributed by atoms with Crippen molar-refractivity contribution < 1.29 is 8.42 Å². The monoisotopic (exact) mass is 501 g/mol. The molecule has 0 bridgehead atoms. The highest BCUT2D eigenvalue weighted by molar-refractivity contribution is 7.89. The van der Waals surface area contributed by atoms with Crippen LogP contribution in [-0.2, 0) is 16.6 Å². The maximum Gasteiger partial charge on any atom is 0.275 e. The van der Waals surface area contributed by atoms with Crippen LogP contribution in [0.3, 0.4) is 0 Å². The molecule has 0 saturated carbocycles. The lowest BCUT2D eigenvalue weighted by atomic mass is 10.2. The molecular formula is C22H20ClN5O3S2. The predicted molar refractivity (Wildman–Crippen MR) is 128 cm³/mol. The van der Waals surface area contributed by atoms with Gasteiger partial charge in [-0.3, -0.25) is 9.69 Å². The molecule has 2 aromatic heterocycles. The van der Waals surface area contributed by atoms with Gasteiger partial charge >= 0.3 is 0 Å². The summed E-state index contributed by atoms with van der Waals surface area (Å²) in [6, 6.07) is 17.3. The van der Waals surface area contributed by atoms with E-state index in [2.05, 4.69) is 15.0 Å². The Balaban J connectivity index is 1.31. The summed E-state index contributed by atoms with van der Waals surface area (Å²) in [6.07, 6.45) is 0. The van der Waals surface area contributed by atoms with Crippen LogP contribution in [0, 0.1) is 0 Å². The van der Waals surface area contributed by atoms with Gasteiger partial charge in [0.2, 0.25) is 15.0 Å². The van der Waals surface area contributed by atoms with E-state index in [0.717, 1.165) is 5.56 Å². The minimum absolute atomic E-state index is 0.255. The average Bonchev–Trinajstić information content (AvgIpc) is 3.25. The van der Waals surface area contributed by atoms with Gasteiger partial charge in [-0.05, 0) is 18.2 Å². The zero-order chi connectivity index (χ0) is 23.0. The van der Waals surface area contributed by atoms with Crippen molar-refractivity contribution >= 4 is 37.9 Å². The van der Waals surface area contributed by atoms with Crippen LogP contribution >= 0.6 is 22.9 Å². The van der Waals surface area contributed by atoms with Crippen molar-refractivity contribution in [3.63, 3.8) is 0 Å². The lowest BCUT2D eigenvalue weighted by Crippen LogP contribution is -2.48. The largest absolute Gasteiger partial charge is 0.295 e. The van der Waals surface area contributed by atoms with Gasteiger partial charge in [-0.2, -0.15) is 13.9 Å². The van der Waals surface area contributed by atoms with Crippen LogP contribution in [0.5, 0.6) is 0 Å². The van der Waals surface area contributed by atoms with Crippen LogP contribution in [0.4, 0.5) is 0 Å². The quantitative estimate of drug-likeness (QED) is 0.418. The molecule has 0 amide bonds. The summed E-state index contributed by atoms with van der Waals surface area (Å²) in [4.78, 5) is 20.2. The van der Waals surface area contributed by atoms with Crippen molar-refractivity contribution in [3.8, 4) is 10.6 Å². The Kier molecular flexibility index (Phi) is 6.02. The van der Waals surface area contributed by atoms with Gasteiger partial charge in [0.1, 0.15) is 5.01 Å². The summed E-state index contributed by atoms with van der Waals surface area (Å²) in [6.45, 7) is 2.34. The molecule has 33 heavy (non-hydrogen) atoms. The highest BCUT2D eigenvalue weighted by Crippen LogP contribution is 2.30. The topological polar surface area (TPSA) is 87.9 Å². The number of hydrogen-bond donors (Lipinski definition) is 0. The Hall–Kier alpha value is -2.63. The fourth-order valence-electron chi connectivity index (χ4n) is 3.78. The standard InChI is InChI=1S/C22H20ClN5O3S2/c23-19-9-5-4-8-18(19)21-25-28-20(29)14-16(24-22(28)32-21)15-26-10-12-27(13-11-26)33(30,31)17-6-2-1-3-7-17/h1-9,14H,10-13,15H2. The molecule has 0 N–H and O–H groups in total. The van der Waals surface area contributed by atoms with Crippen molar-refractivity contribution in [3.05, 3.63) is 81.7 Å². The van der Waals surface area contributed by atoms with Gasteiger partial charge in [-0.15, -0.1) is 0 Å². The number of rotatable bonds is 5. The molecule has 5 rings (SSSR count). The van der Waals surface area contributed by atoms with Crippen molar-refractivity contribution in [2.24, 2.45) is 0 Å². The Morgan fingerprint density at radius 1 is 0.970 bits per heavy atom. The molecule has 170 valence electrons. The van der Waals surface area contributed by atoms with Gasteiger partial charge in [0.25, 0.3) is 5.56 Å². The third-order valence-corrected chi connectivity index (χ3v) is 8.68. The molecule has 0 unspecified atom stereocenters. The van der Waals surface area contributed by atoms with Crippen LogP contribution in [0.2, 0.25) is 5.02 Å². The average molecular weight is 502 g/mol. The highest BCUT2D eigenvalue weighted by Gasteiger charge is 2.28. The van der Waals surface area contributed by atoms with Gasteiger partial charge < -0.3 is 0 Å². The number of sulfonamides is 1. The molecule has 1 aliphatic rings. The molecule has 1 saturated heterocycles. The molecule has 3 heterocycles. The van der Waals surface area contributed by atoms with Crippen molar-refractivity contribution in [2.45, 2.75) is 11.4 Å². The second kappa shape index (κ2) is 8.96. The SMILES string of the molecule is O=c1cc(CN2CCN(S(=O)(=O)c3ccccc3)CC2)nc2sc(-c3ccccc3Cl)nn12. The molecule has 2 aromatic carbocycles. The van der Waals surface area contributed by atoms with E-state index >= 15 is 0 Å². The minimum atomic E-state index is -3.50. The predicted octanol–water partition coefficient (Wildman–Crippen LogP) is 2.98. The van der Waals surface area contributed by atoms with Gasteiger partial charge in [-0.1, -0.05) is 59.3 Å². The van der Waals surface area contributed by atoms with E-state index in [9.17, 15) is 13.2 Å². The van der Waals surface area contributed by atoms with Crippen molar-refractivity contribution in [1.82, 2.24) is 23.8 Å². The maximum absolute atomic E-state index is 12.8. The number of halogens is 1. The number of benzene rings is 2. The zero-order valence-electron chi connectivity index (χ0n) is 17.5. The molecule has 8 nitrogen and oxygen atoms in total. The number of fused-ring (bicyclic) bond motifs is 1. The van der Waals surface area contributed by atoms with E-state index < -0.39 is 10.0 Å². The van der Waals surface area contributed by atoms with Crippen LogP contribution in [-0.4, -0.2) is 58.4 Å². The smallest absolute Gasteiger partial charge is 0.275 e. The Morgan fingerprint density at radius 2 is 1.67 bits per heavy atom. The lowest BCUT2D eigenvalue weighted by Gasteiger charge is -2.33. The fourth-order valence-corrected chi connectivity index (χ4v) is 6.47. The third-order valence-electron chi connectivity index (χ3n) is 5.50. The van der Waals surface area contributed by atoms with Crippen LogP contribution in [0.1, 0.15) is 5.69 Å². The van der Waals surface area contributed by atoms with Gasteiger partial charge in [0.15, 0.2) is 0 Å². The van der Waals surface area contributed by atoms with E-state index in [1.54, 1.807) is 36.4 Å². The van der Waals surface area contributed by atoms with Gasteiger partial charge in [0.05, 0.1) is 15.6 Å². The number of hydrogen-bond acceptors (Lipinski definition) is 7. The molecule has 1 aliphatic heterocycles. The first-order chi connectivity index (χ1) is 15.9. The first-order valence-corrected chi connectivity index (χ1v) is 13.0. The molecule has 1 fully saturated rings. The summed E-state index contributed by atoms with van der Waals surface area (Å²) in [5, 5.41) is 5.58. The van der Waals surface area contributed by atoms with Crippen LogP contribution in [0.15, 0.2) is 70.4 Å². The van der Waals surface area contributed by atoms with Gasteiger partial charge in [-0.25, -0.2) is 13.4 Å². The first kappa shape index (κ1) is 22.2. The van der Waals surface area contributed by atoms with E-state index in [1.807, 2.05) is 18.2 Å². The van der Waals surface area contributed by atoms with Crippen molar-refractivity contribution in [1.29, 1.82) is 0 Å². The van der Waals surface area contributed by atoms with Gasteiger partial charge in [0, 0.05) is 44.4 Å². The summed E-state index contributed by atoms with van der Waals surface area (Å²) in [5.74, 6) is 0. The summed E-state index contributed by atoms with van der Waals surface area (Å²) >= 11 is 7.58. The Labute approximate surface area is 199 Å². The summed E-state index contributed by atoms with van der Waals surface area (Å²) in [5.41, 5.74) is 1.13. The Morgan fingerprint density at radius 3 is 2.39 bits per heavy atom. The lowest BCUT2D eigenvalue weighted by molar-refractivity contribution is 0.180. The molecule has 0 aliphatic carbocycles. The second-order valence-corrected chi connectivity index (χ2v) is 11.0. The number of aromatic nitrogens is 3. The van der Waals surface area contributed by atoms with Crippen molar-refractivity contribution in [2.75, 3.05) is 26.2 Å². The molecule has 0 spiro atoms. The zero-order valence-corrected chi connectivity index (χ0v) is 19.9. The molecular weight excluding hydrogens is 482 g/mol. The van der Waals surface area contributed by atoms with E-state index in [0.29, 0.717) is 58.3 Å². The third kappa shape index (κ3) is 4.44. The van der Waals surface area contributed by atoms with E-state index in [4.69, 9.17) is 11.6 Å². The normalized spacial score (nSPS) is 15.8. The minimum Gasteiger partial charge on any atom is -0.295 e. The first-order valence-electron chi connectivity index (χ1n) is 10.3. The highest BCUT2D eigenvalue weighted by atomic mass is 35.5. The molecule has 4 aromatic rings. The second-order valence-electron chi connectivity index (χ2n) is 7.66. The summed E-state index contributed by atoms with van der Waals surface area (Å²) in [7, 11) is -3.50. The van der Waals surface area contributed by atoms with E-state index in [1.165, 1.54) is 26.2 Å². The maximum atomic E-state index is 12.8. The molecule has 0 radical (unpaired) electrons. The number of nitrogens with zero attached hydrogens (tertiary/aromatic N) is 5. The Bertz CT molecular complexity index is 1460. The van der Waals surface area contributed by atoms with Crippen LogP contribution in [0.25, 0.3) is 15.5 Å². The molecule has 11 heteroatoms. The molecule has 0 atom stereocenters. The fraction of sp³-hybridized carbons (Fsp3) is 0.227. The number of piperazine rings is 1. The van der Waals surface area contributed by atoms with E-state index in [-0.39, 0.29) is 5.56 Å². The summed E-state index contributed by atoms with van der Waals surface area (Å²) < 4.78 is 28.4.